The molecule has 1 fully saturated rings. The number of carbonyl (C=O) groups is 3. The maximum atomic E-state index is 12.5. The number of aromatic hydroxyl groups is 1. The van der Waals surface area contributed by atoms with E-state index in [1.807, 2.05) is 6.92 Å². The van der Waals surface area contributed by atoms with E-state index < -0.39 is 23.0 Å². The van der Waals surface area contributed by atoms with Gasteiger partial charge in [-0.25, -0.2) is 0 Å². The number of carbonyl (C=O) groups excluding carboxylic acids is 3. The second-order valence-corrected chi connectivity index (χ2v) is 8.67. The molecule has 0 radical (unpaired) electrons. The molecular formula is C24H34O7. The van der Waals surface area contributed by atoms with Crippen molar-refractivity contribution in [3.8, 4) is 5.75 Å². The van der Waals surface area contributed by atoms with Crippen LogP contribution in [-0.4, -0.2) is 36.2 Å². The molecule has 7 nitrogen and oxygen atoms in total. The van der Waals surface area contributed by atoms with Gasteiger partial charge in [-0.15, -0.1) is 0 Å². The number of ether oxygens (including phenoxy) is 3. The van der Waals surface area contributed by atoms with Gasteiger partial charge in [0, 0.05) is 0 Å². The topological polar surface area (TPSA) is 99.1 Å². The predicted octanol–water partition coefficient (Wildman–Crippen LogP) is 4.40. The van der Waals surface area contributed by atoms with Crippen LogP contribution in [0, 0.1) is 5.41 Å². The zero-order chi connectivity index (χ0) is 22.9. The van der Waals surface area contributed by atoms with Gasteiger partial charge in [0.25, 0.3) is 0 Å². The van der Waals surface area contributed by atoms with Crippen LogP contribution in [-0.2, 0) is 34.2 Å². The molecule has 31 heavy (non-hydrogen) atoms. The van der Waals surface area contributed by atoms with Gasteiger partial charge in [0.05, 0.1) is 18.3 Å². The first kappa shape index (κ1) is 24.7. The summed E-state index contributed by atoms with van der Waals surface area (Å²) < 4.78 is 16.0. The minimum atomic E-state index is -0.715. The third kappa shape index (κ3) is 7.26. The Morgan fingerprint density at radius 3 is 2.13 bits per heavy atom. The number of esters is 3. The fourth-order valence-electron chi connectivity index (χ4n) is 3.51. The molecule has 0 spiro atoms. The van der Waals surface area contributed by atoms with Crippen LogP contribution >= 0.6 is 0 Å². The van der Waals surface area contributed by atoms with Crippen LogP contribution in [0.5, 0.6) is 5.75 Å². The third-order valence-corrected chi connectivity index (χ3v) is 5.91. The van der Waals surface area contributed by atoms with Crippen LogP contribution < -0.4 is 0 Å². The van der Waals surface area contributed by atoms with Crippen LogP contribution in [0.4, 0.5) is 0 Å². The van der Waals surface area contributed by atoms with Crippen molar-refractivity contribution in [1.29, 1.82) is 0 Å². The van der Waals surface area contributed by atoms with E-state index >= 15 is 0 Å². The molecule has 172 valence electrons. The van der Waals surface area contributed by atoms with Gasteiger partial charge >= 0.3 is 17.9 Å². The summed E-state index contributed by atoms with van der Waals surface area (Å²) in [5.41, 5.74) is -0.425. The second-order valence-electron chi connectivity index (χ2n) is 8.67. The lowest BCUT2D eigenvalue weighted by molar-refractivity contribution is -0.167. The molecule has 1 saturated carbocycles. The molecule has 0 unspecified atom stereocenters. The van der Waals surface area contributed by atoms with E-state index in [2.05, 4.69) is 0 Å². The molecule has 0 aliphatic heterocycles. The van der Waals surface area contributed by atoms with E-state index in [-0.39, 0.29) is 37.8 Å². The minimum absolute atomic E-state index is 0.0115. The molecule has 2 rings (SSSR count). The quantitative estimate of drug-likeness (QED) is 0.331. The van der Waals surface area contributed by atoms with E-state index in [0.717, 1.165) is 24.8 Å². The van der Waals surface area contributed by atoms with Gasteiger partial charge in [-0.1, -0.05) is 25.5 Å². The monoisotopic (exact) mass is 434 g/mol. The Morgan fingerprint density at radius 2 is 1.52 bits per heavy atom. The molecular weight excluding hydrogens is 400 g/mol. The van der Waals surface area contributed by atoms with Gasteiger partial charge in [-0.3, -0.25) is 14.4 Å². The third-order valence-electron chi connectivity index (χ3n) is 5.91. The number of rotatable bonds is 10. The Balaban J connectivity index is 1.78. The highest BCUT2D eigenvalue weighted by atomic mass is 16.6. The summed E-state index contributed by atoms with van der Waals surface area (Å²) in [6, 6.07) is 6.74. The van der Waals surface area contributed by atoms with E-state index in [4.69, 9.17) is 14.2 Å². The van der Waals surface area contributed by atoms with E-state index in [0.29, 0.717) is 19.3 Å². The van der Waals surface area contributed by atoms with E-state index in [9.17, 15) is 19.5 Å². The Labute approximate surface area is 184 Å². The summed E-state index contributed by atoms with van der Waals surface area (Å²) in [5, 5.41) is 9.55. The highest BCUT2D eigenvalue weighted by Gasteiger charge is 2.37. The van der Waals surface area contributed by atoms with Crippen molar-refractivity contribution >= 4 is 17.9 Å². The Bertz CT molecular complexity index is 746. The fourth-order valence-corrected chi connectivity index (χ4v) is 3.51. The Kier molecular flexibility index (Phi) is 8.89. The van der Waals surface area contributed by atoms with Crippen molar-refractivity contribution in [2.24, 2.45) is 5.41 Å². The minimum Gasteiger partial charge on any atom is -0.508 e. The molecule has 1 aliphatic carbocycles. The van der Waals surface area contributed by atoms with Crippen molar-refractivity contribution in [1.82, 2.24) is 0 Å². The highest BCUT2D eigenvalue weighted by Crippen LogP contribution is 2.41. The second kappa shape index (κ2) is 11.2. The number of hydrogen-bond acceptors (Lipinski definition) is 7. The smallest absolute Gasteiger partial charge is 0.311 e. The van der Waals surface area contributed by atoms with Crippen LogP contribution in [0.2, 0.25) is 0 Å². The highest BCUT2D eigenvalue weighted by molar-refractivity contribution is 5.78. The van der Waals surface area contributed by atoms with Gasteiger partial charge in [0.2, 0.25) is 0 Å². The summed E-state index contributed by atoms with van der Waals surface area (Å²) in [4.78, 5) is 36.3. The maximum absolute atomic E-state index is 12.5. The van der Waals surface area contributed by atoms with E-state index in [1.165, 1.54) is 0 Å². The van der Waals surface area contributed by atoms with Crippen LogP contribution in [0.15, 0.2) is 24.3 Å². The van der Waals surface area contributed by atoms with Crippen LogP contribution in [0.25, 0.3) is 0 Å². The number of phenolic OH excluding ortho intramolecular Hbond substituents is 1. The normalized spacial score (nSPS) is 15.7. The molecule has 0 atom stereocenters. The van der Waals surface area contributed by atoms with Crippen molar-refractivity contribution in [2.45, 2.75) is 77.7 Å². The van der Waals surface area contributed by atoms with Gasteiger partial charge in [-0.2, -0.15) is 0 Å². The lowest BCUT2D eigenvalue weighted by Crippen LogP contribution is -2.35. The molecule has 1 aromatic rings. The molecule has 7 heteroatoms. The molecule has 0 aromatic heterocycles. The van der Waals surface area contributed by atoms with Crippen LogP contribution in [0.3, 0.4) is 0 Å². The van der Waals surface area contributed by atoms with Gasteiger partial charge < -0.3 is 19.3 Å². The van der Waals surface area contributed by atoms with Crippen molar-refractivity contribution in [3.05, 3.63) is 29.8 Å². The number of phenols is 1. The van der Waals surface area contributed by atoms with Gasteiger partial charge in [0.1, 0.15) is 24.6 Å². The molecule has 0 saturated heterocycles. The molecule has 0 amide bonds. The summed E-state index contributed by atoms with van der Waals surface area (Å²) in [6.07, 6.45) is 4.89. The first-order valence-corrected chi connectivity index (χ1v) is 11.0. The summed E-state index contributed by atoms with van der Waals surface area (Å²) >= 11 is 0. The first-order chi connectivity index (χ1) is 14.7. The SMILES string of the molecule is CCC(C)(C)C(=O)OCCOC(=O)CCC(=O)OC1(c2ccc(O)cc2)CCCCC1. The fraction of sp³-hybridized carbons (Fsp3) is 0.625. The molecule has 0 heterocycles. The Hall–Kier alpha value is -2.57. The van der Waals surface area contributed by atoms with E-state index in [1.54, 1.807) is 38.1 Å². The lowest BCUT2D eigenvalue weighted by Gasteiger charge is -2.37. The average molecular weight is 435 g/mol. The van der Waals surface area contributed by atoms with Crippen LogP contribution in [0.1, 0.15) is 77.7 Å². The Morgan fingerprint density at radius 1 is 0.935 bits per heavy atom. The van der Waals surface area contributed by atoms with Crippen molar-refractivity contribution < 1.29 is 33.7 Å². The molecule has 1 aromatic carbocycles. The summed E-state index contributed by atoms with van der Waals surface area (Å²) in [5.74, 6) is -1.16. The predicted molar refractivity (Wildman–Crippen MR) is 114 cm³/mol. The summed E-state index contributed by atoms with van der Waals surface area (Å²) in [7, 11) is 0. The largest absolute Gasteiger partial charge is 0.508 e. The maximum Gasteiger partial charge on any atom is 0.311 e. The average Bonchev–Trinajstić information content (AvgIpc) is 2.76. The number of hydrogen-bond donors (Lipinski definition) is 1. The first-order valence-electron chi connectivity index (χ1n) is 11.0. The lowest BCUT2D eigenvalue weighted by atomic mass is 9.79. The summed E-state index contributed by atoms with van der Waals surface area (Å²) in [6.45, 7) is 5.44. The van der Waals surface area contributed by atoms with Crippen molar-refractivity contribution in [3.63, 3.8) is 0 Å². The molecule has 0 bridgehead atoms. The zero-order valence-corrected chi connectivity index (χ0v) is 18.8. The molecule has 1 aliphatic rings. The van der Waals surface area contributed by atoms with Gasteiger partial charge in [-0.05, 0) is 63.6 Å². The van der Waals surface area contributed by atoms with Gasteiger partial charge in [0.15, 0.2) is 0 Å². The number of benzene rings is 1. The standard InChI is InChI=1S/C24H34O7/c1-4-23(2,3)22(28)30-17-16-29-20(26)12-13-21(27)31-24(14-6-5-7-15-24)18-8-10-19(25)11-9-18/h8-11,25H,4-7,12-17H2,1-3H3. The zero-order valence-electron chi connectivity index (χ0n) is 18.8. The molecule has 1 N–H and O–H groups in total. The van der Waals surface area contributed by atoms with Crippen molar-refractivity contribution in [2.75, 3.05) is 13.2 Å².